The van der Waals surface area contributed by atoms with Crippen LogP contribution in [0.4, 0.5) is 0 Å². The van der Waals surface area contributed by atoms with E-state index < -0.39 is 0 Å². The highest BCUT2D eigenvalue weighted by Crippen LogP contribution is 2.36. The van der Waals surface area contributed by atoms with E-state index in [0.29, 0.717) is 24.6 Å². The number of hydrazone groups is 1. The van der Waals surface area contributed by atoms with Crippen LogP contribution in [-0.4, -0.2) is 61.4 Å². The maximum Gasteiger partial charge on any atom is 0.262 e. The summed E-state index contributed by atoms with van der Waals surface area (Å²) < 4.78 is 10.4. The molecule has 174 valence electrons. The van der Waals surface area contributed by atoms with E-state index in [0.717, 1.165) is 35.4 Å². The maximum absolute atomic E-state index is 13.5. The zero-order valence-electron chi connectivity index (χ0n) is 18.9. The van der Waals surface area contributed by atoms with Gasteiger partial charge in [0.2, 0.25) is 5.91 Å². The highest BCUT2D eigenvalue weighted by Gasteiger charge is 2.37. The van der Waals surface area contributed by atoms with Crippen molar-refractivity contribution >= 4 is 29.1 Å². The molecular weight excluding hydrogens is 442 g/mol. The van der Waals surface area contributed by atoms with Gasteiger partial charge in [-0.2, -0.15) is 5.10 Å². The monoisotopic (exact) mass is 469 g/mol. The number of carbonyl (C=O) groups excluding carboxylic acids is 2. The van der Waals surface area contributed by atoms with Crippen molar-refractivity contribution in [3.8, 4) is 5.75 Å². The van der Waals surface area contributed by atoms with Crippen molar-refractivity contribution in [3.63, 3.8) is 0 Å². The summed E-state index contributed by atoms with van der Waals surface area (Å²) in [6.45, 7) is 0.714. The van der Waals surface area contributed by atoms with E-state index in [-0.39, 0.29) is 30.3 Å². The Morgan fingerprint density at radius 2 is 1.85 bits per heavy atom. The van der Waals surface area contributed by atoms with Crippen molar-refractivity contribution in [1.29, 1.82) is 0 Å². The molecule has 1 atom stereocenters. The van der Waals surface area contributed by atoms with Crippen LogP contribution in [0.5, 0.6) is 5.75 Å². The summed E-state index contributed by atoms with van der Waals surface area (Å²) in [5, 5.41) is 6.78. The Labute approximate surface area is 198 Å². The lowest BCUT2D eigenvalue weighted by atomic mass is 9.98. The average molecular weight is 470 g/mol. The first kappa shape index (κ1) is 23.3. The molecule has 0 radical (unpaired) electrons. The zero-order valence-corrected chi connectivity index (χ0v) is 19.6. The quantitative estimate of drug-likeness (QED) is 0.558. The van der Waals surface area contributed by atoms with Crippen LogP contribution in [0.3, 0.4) is 0 Å². The second kappa shape index (κ2) is 10.4. The molecular formula is C25H28ClN3O4. The van der Waals surface area contributed by atoms with E-state index in [1.54, 1.807) is 19.1 Å². The number of ether oxygens (including phenoxy) is 2. The molecule has 0 saturated heterocycles. The van der Waals surface area contributed by atoms with Gasteiger partial charge >= 0.3 is 0 Å². The molecule has 4 rings (SSSR count). The number of benzene rings is 2. The molecule has 0 bridgehead atoms. The molecule has 0 aromatic heterocycles. The fourth-order valence-corrected chi connectivity index (χ4v) is 4.22. The van der Waals surface area contributed by atoms with Gasteiger partial charge in [-0.05, 0) is 36.6 Å². The van der Waals surface area contributed by atoms with E-state index in [4.69, 9.17) is 21.1 Å². The van der Waals surface area contributed by atoms with Crippen LogP contribution in [0.1, 0.15) is 36.4 Å². The average Bonchev–Trinajstić information content (AvgIpc) is 3.60. The second-order valence-electron chi connectivity index (χ2n) is 8.28. The summed E-state index contributed by atoms with van der Waals surface area (Å²) >= 11 is 6.42. The van der Waals surface area contributed by atoms with Gasteiger partial charge in [0.25, 0.3) is 5.91 Å². The molecule has 7 nitrogen and oxygen atoms in total. The lowest BCUT2D eigenvalue weighted by Gasteiger charge is -2.27. The number of rotatable bonds is 9. The second-order valence-corrected chi connectivity index (χ2v) is 8.69. The highest BCUT2D eigenvalue weighted by molar-refractivity contribution is 6.34. The van der Waals surface area contributed by atoms with Crippen molar-refractivity contribution < 1.29 is 19.1 Å². The van der Waals surface area contributed by atoms with Crippen molar-refractivity contribution in [2.24, 2.45) is 11.0 Å². The number of carbonyl (C=O) groups is 2. The van der Waals surface area contributed by atoms with Gasteiger partial charge in [0, 0.05) is 36.6 Å². The summed E-state index contributed by atoms with van der Waals surface area (Å²) in [5.74, 6) is 0.536. The number of methoxy groups -OCH3 is 2. The van der Waals surface area contributed by atoms with Gasteiger partial charge in [-0.1, -0.05) is 41.9 Å². The predicted molar refractivity (Wildman–Crippen MR) is 126 cm³/mol. The van der Waals surface area contributed by atoms with Crippen molar-refractivity contribution in [2.75, 3.05) is 33.9 Å². The Kier molecular flexibility index (Phi) is 7.30. The fraction of sp³-hybridized carbons (Fsp3) is 0.400. The summed E-state index contributed by atoms with van der Waals surface area (Å²) in [4.78, 5) is 27.8. The molecule has 1 heterocycles. The summed E-state index contributed by atoms with van der Waals surface area (Å²) in [5.41, 5.74) is 2.48. The molecule has 8 heteroatoms. The van der Waals surface area contributed by atoms with Gasteiger partial charge in [0.05, 0.1) is 25.5 Å². The molecule has 0 spiro atoms. The summed E-state index contributed by atoms with van der Waals surface area (Å²) in [6, 6.07) is 14.8. The molecule has 2 amide bonds. The molecule has 33 heavy (non-hydrogen) atoms. The molecule has 1 aliphatic heterocycles. The third-order valence-electron chi connectivity index (χ3n) is 5.98. The smallest absolute Gasteiger partial charge is 0.262 e. The Balaban J connectivity index is 1.61. The van der Waals surface area contributed by atoms with Gasteiger partial charge in [0.15, 0.2) is 0 Å². The highest BCUT2D eigenvalue weighted by atomic mass is 35.5. The van der Waals surface area contributed by atoms with Crippen LogP contribution in [0.15, 0.2) is 53.6 Å². The van der Waals surface area contributed by atoms with Gasteiger partial charge in [-0.25, -0.2) is 5.01 Å². The van der Waals surface area contributed by atoms with E-state index in [9.17, 15) is 9.59 Å². The lowest BCUT2D eigenvalue weighted by Crippen LogP contribution is -2.43. The first-order chi connectivity index (χ1) is 16.0. The predicted octanol–water partition coefficient (Wildman–Crippen LogP) is 3.91. The minimum Gasteiger partial charge on any atom is -0.497 e. The fourth-order valence-electron chi connectivity index (χ4n) is 3.98. The number of hydrogen-bond acceptors (Lipinski definition) is 5. The van der Waals surface area contributed by atoms with E-state index >= 15 is 0 Å². The number of nitrogens with zero attached hydrogens (tertiary/aromatic N) is 3. The Morgan fingerprint density at radius 1 is 1.12 bits per heavy atom. The normalized spacial score (nSPS) is 17.6. The molecule has 2 aromatic carbocycles. The minimum atomic E-state index is -0.296. The molecule has 1 aliphatic carbocycles. The molecule has 1 unspecified atom stereocenters. The largest absolute Gasteiger partial charge is 0.497 e. The number of hydrogen-bond donors (Lipinski definition) is 0. The van der Waals surface area contributed by atoms with Crippen LogP contribution >= 0.6 is 11.6 Å². The molecule has 0 N–H and O–H groups in total. The Morgan fingerprint density at radius 3 is 2.48 bits per heavy atom. The Hall–Kier alpha value is -2.90. The standard InChI is InChI=1S/C25H28ClN3O4/c1-32-14-13-28(25(31)18-7-8-18)16-24(30)29-23(17-9-11-19(33-2)12-10-17)15-22(27-29)20-5-3-4-6-21(20)26/h3-6,9-12,18,23H,7-8,13-16H2,1-2H3. The number of amides is 2. The molecule has 1 saturated carbocycles. The minimum absolute atomic E-state index is 0.0101. The van der Waals surface area contributed by atoms with Crippen molar-refractivity contribution in [2.45, 2.75) is 25.3 Å². The molecule has 2 aromatic rings. The zero-order chi connectivity index (χ0) is 23.4. The number of halogens is 1. The topological polar surface area (TPSA) is 71.4 Å². The van der Waals surface area contributed by atoms with E-state index in [1.165, 1.54) is 5.01 Å². The Bertz CT molecular complexity index is 1040. The van der Waals surface area contributed by atoms with Crippen LogP contribution < -0.4 is 4.74 Å². The lowest BCUT2D eigenvalue weighted by molar-refractivity contribution is -0.142. The SMILES string of the molecule is COCCN(CC(=O)N1N=C(c2ccccc2Cl)CC1c1ccc(OC)cc1)C(=O)C1CC1. The van der Waals surface area contributed by atoms with E-state index in [1.807, 2.05) is 48.5 Å². The van der Waals surface area contributed by atoms with Gasteiger partial charge in [0.1, 0.15) is 12.3 Å². The maximum atomic E-state index is 13.5. The van der Waals surface area contributed by atoms with Crippen molar-refractivity contribution in [3.05, 3.63) is 64.7 Å². The van der Waals surface area contributed by atoms with Crippen LogP contribution in [0.2, 0.25) is 5.02 Å². The summed E-state index contributed by atoms with van der Waals surface area (Å²) in [6.07, 6.45) is 2.28. The van der Waals surface area contributed by atoms with Crippen LogP contribution in [0.25, 0.3) is 0 Å². The summed E-state index contributed by atoms with van der Waals surface area (Å²) in [7, 11) is 3.20. The van der Waals surface area contributed by atoms with E-state index in [2.05, 4.69) is 5.10 Å². The van der Waals surface area contributed by atoms with Gasteiger partial charge in [-0.15, -0.1) is 0 Å². The third-order valence-corrected chi connectivity index (χ3v) is 6.31. The van der Waals surface area contributed by atoms with Crippen molar-refractivity contribution in [1.82, 2.24) is 9.91 Å². The first-order valence-electron chi connectivity index (χ1n) is 11.1. The van der Waals surface area contributed by atoms with Crippen LogP contribution in [-0.2, 0) is 14.3 Å². The molecule has 2 aliphatic rings. The first-order valence-corrected chi connectivity index (χ1v) is 11.5. The van der Waals surface area contributed by atoms with Gasteiger partial charge < -0.3 is 14.4 Å². The third kappa shape index (κ3) is 5.37. The van der Waals surface area contributed by atoms with Gasteiger partial charge in [-0.3, -0.25) is 9.59 Å². The molecule has 1 fully saturated rings. The van der Waals surface area contributed by atoms with Crippen LogP contribution in [0, 0.1) is 5.92 Å².